The number of hydrogen-bond donors (Lipinski definition) is 2. The van der Waals surface area contributed by atoms with Crippen LogP contribution in [0.15, 0.2) is 53.5 Å². The minimum Gasteiger partial charge on any atom is -0.370 e. The number of guanidine groups is 1. The molecule has 4 nitrogen and oxygen atoms in total. The summed E-state index contributed by atoms with van der Waals surface area (Å²) in [5.74, 6) is 1.25. The number of likely N-dealkylation sites (tertiary alicyclic amines) is 1. The van der Waals surface area contributed by atoms with Crippen LogP contribution in [-0.2, 0) is 13.1 Å². The number of aryl methyl sites for hydroxylation is 1. The molecule has 1 unspecified atom stereocenters. The van der Waals surface area contributed by atoms with Gasteiger partial charge in [0.2, 0.25) is 0 Å². The maximum Gasteiger partial charge on any atom is 0.193 e. The molecular formula is C22H30N4. The second-order valence-corrected chi connectivity index (χ2v) is 7.44. The second-order valence-electron chi connectivity index (χ2n) is 7.44. The Morgan fingerprint density at radius 3 is 2.62 bits per heavy atom. The number of aliphatic imine (C=N–C) groups is 1. The molecule has 0 bridgehead atoms. The minimum atomic E-state index is 0.454. The molecule has 26 heavy (non-hydrogen) atoms. The van der Waals surface area contributed by atoms with E-state index in [4.69, 9.17) is 5.73 Å². The molecule has 138 valence electrons. The van der Waals surface area contributed by atoms with E-state index in [2.05, 4.69) is 65.5 Å². The topological polar surface area (TPSA) is 53.6 Å². The zero-order chi connectivity index (χ0) is 18.4. The lowest BCUT2D eigenvalue weighted by Gasteiger charge is -2.31. The standard InChI is InChI=1S/C22H30N4/c1-17-9-11-21(12-10-17)25-22(23)24-14-19-7-3-4-8-20(19)16-26-13-5-6-18(2)15-26/h3-4,7-12,18H,5-6,13-16H2,1-2H3,(H3,23,24,25). The average molecular weight is 351 g/mol. The van der Waals surface area contributed by atoms with E-state index in [9.17, 15) is 0 Å². The molecule has 0 aliphatic carbocycles. The van der Waals surface area contributed by atoms with Gasteiger partial charge in [0.05, 0.1) is 6.54 Å². The predicted octanol–water partition coefficient (Wildman–Crippen LogP) is 4.15. The van der Waals surface area contributed by atoms with Crippen LogP contribution in [-0.4, -0.2) is 23.9 Å². The van der Waals surface area contributed by atoms with Crippen LogP contribution >= 0.6 is 0 Å². The lowest BCUT2D eigenvalue weighted by Crippen LogP contribution is -2.34. The van der Waals surface area contributed by atoms with Crippen molar-refractivity contribution in [3.8, 4) is 0 Å². The molecular weight excluding hydrogens is 320 g/mol. The maximum absolute atomic E-state index is 6.07. The molecule has 1 aliphatic heterocycles. The highest BCUT2D eigenvalue weighted by molar-refractivity contribution is 5.92. The van der Waals surface area contributed by atoms with E-state index in [0.29, 0.717) is 12.5 Å². The SMILES string of the molecule is Cc1ccc(NC(N)=NCc2ccccc2CN2CCCC(C)C2)cc1. The molecule has 1 aliphatic rings. The highest BCUT2D eigenvalue weighted by atomic mass is 15.1. The van der Waals surface area contributed by atoms with Gasteiger partial charge in [-0.1, -0.05) is 48.9 Å². The summed E-state index contributed by atoms with van der Waals surface area (Å²) in [6.45, 7) is 8.40. The molecule has 1 atom stereocenters. The van der Waals surface area contributed by atoms with Crippen molar-refractivity contribution in [1.29, 1.82) is 0 Å². The van der Waals surface area contributed by atoms with Crippen LogP contribution in [0.4, 0.5) is 5.69 Å². The Balaban J connectivity index is 1.62. The molecule has 0 amide bonds. The Labute approximate surface area is 157 Å². The Bertz CT molecular complexity index is 736. The minimum absolute atomic E-state index is 0.454. The molecule has 4 heteroatoms. The Morgan fingerprint density at radius 1 is 1.15 bits per heavy atom. The maximum atomic E-state index is 6.07. The van der Waals surface area contributed by atoms with Gasteiger partial charge in [0.15, 0.2) is 5.96 Å². The van der Waals surface area contributed by atoms with Gasteiger partial charge in [-0.2, -0.15) is 0 Å². The van der Waals surface area contributed by atoms with Crippen LogP contribution in [0, 0.1) is 12.8 Å². The van der Waals surface area contributed by atoms with Gasteiger partial charge in [-0.25, -0.2) is 4.99 Å². The van der Waals surface area contributed by atoms with Crippen molar-refractivity contribution >= 4 is 11.6 Å². The summed E-state index contributed by atoms with van der Waals surface area (Å²) in [5, 5.41) is 3.16. The third-order valence-corrected chi connectivity index (χ3v) is 5.00. The first kappa shape index (κ1) is 18.5. The van der Waals surface area contributed by atoms with Crippen molar-refractivity contribution in [1.82, 2.24) is 4.90 Å². The largest absolute Gasteiger partial charge is 0.370 e. The summed E-state index contributed by atoms with van der Waals surface area (Å²) in [4.78, 5) is 7.11. The number of rotatable bonds is 5. The molecule has 0 aromatic heterocycles. The summed E-state index contributed by atoms with van der Waals surface area (Å²) in [6.07, 6.45) is 2.65. The number of piperidine rings is 1. The van der Waals surface area contributed by atoms with Gasteiger partial charge in [-0.3, -0.25) is 4.90 Å². The third-order valence-electron chi connectivity index (χ3n) is 5.00. The van der Waals surface area contributed by atoms with Crippen LogP contribution in [0.3, 0.4) is 0 Å². The number of hydrogen-bond acceptors (Lipinski definition) is 2. The van der Waals surface area contributed by atoms with Gasteiger partial charge in [0.1, 0.15) is 0 Å². The van der Waals surface area contributed by atoms with Gasteiger partial charge in [-0.05, 0) is 55.5 Å². The van der Waals surface area contributed by atoms with E-state index in [1.807, 2.05) is 12.1 Å². The molecule has 2 aromatic rings. The van der Waals surface area contributed by atoms with Crippen LogP contribution < -0.4 is 11.1 Å². The number of anilines is 1. The summed E-state index contributed by atoms with van der Waals surface area (Å²) in [5.41, 5.74) is 10.9. The number of nitrogens with one attached hydrogen (secondary N) is 1. The van der Waals surface area contributed by atoms with E-state index in [-0.39, 0.29) is 0 Å². The third kappa shape index (κ3) is 5.33. The van der Waals surface area contributed by atoms with Gasteiger partial charge < -0.3 is 11.1 Å². The van der Waals surface area contributed by atoms with E-state index in [1.165, 1.54) is 42.6 Å². The molecule has 1 heterocycles. The summed E-state index contributed by atoms with van der Waals surface area (Å²) < 4.78 is 0. The molecule has 2 aromatic carbocycles. The van der Waals surface area contributed by atoms with Crippen molar-refractivity contribution in [2.24, 2.45) is 16.6 Å². The zero-order valence-electron chi connectivity index (χ0n) is 15.9. The Hall–Kier alpha value is -2.33. The zero-order valence-corrected chi connectivity index (χ0v) is 15.9. The van der Waals surface area contributed by atoms with Crippen molar-refractivity contribution in [3.63, 3.8) is 0 Å². The summed E-state index contributed by atoms with van der Waals surface area (Å²) in [6, 6.07) is 16.7. The van der Waals surface area contributed by atoms with Crippen molar-refractivity contribution in [2.45, 2.75) is 39.8 Å². The molecule has 3 N–H and O–H groups in total. The fraction of sp³-hybridized carbons (Fsp3) is 0.409. The summed E-state index contributed by atoms with van der Waals surface area (Å²) in [7, 11) is 0. The van der Waals surface area contributed by atoms with Crippen LogP contribution in [0.25, 0.3) is 0 Å². The Morgan fingerprint density at radius 2 is 1.88 bits per heavy atom. The first-order chi connectivity index (χ1) is 12.6. The highest BCUT2D eigenvalue weighted by Gasteiger charge is 2.17. The smallest absolute Gasteiger partial charge is 0.193 e. The van der Waals surface area contributed by atoms with Crippen molar-refractivity contribution in [2.75, 3.05) is 18.4 Å². The molecule has 0 radical (unpaired) electrons. The quantitative estimate of drug-likeness (QED) is 0.629. The van der Waals surface area contributed by atoms with Gasteiger partial charge in [-0.15, -0.1) is 0 Å². The highest BCUT2D eigenvalue weighted by Crippen LogP contribution is 2.20. The van der Waals surface area contributed by atoms with Crippen LogP contribution in [0.2, 0.25) is 0 Å². The normalized spacial score (nSPS) is 18.7. The number of nitrogens with two attached hydrogens (primary N) is 1. The second kappa shape index (κ2) is 8.86. The molecule has 1 fully saturated rings. The van der Waals surface area contributed by atoms with Crippen molar-refractivity contribution < 1.29 is 0 Å². The van der Waals surface area contributed by atoms with E-state index >= 15 is 0 Å². The van der Waals surface area contributed by atoms with Crippen LogP contribution in [0.5, 0.6) is 0 Å². The van der Waals surface area contributed by atoms with Gasteiger partial charge >= 0.3 is 0 Å². The molecule has 0 saturated carbocycles. The first-order valence-electron chi connectivity index (χ1n) is 9.53. The average Bonchev–Trinajstić information content (AvgIpc) is 2.63. The van der Waals surface area contributed by atoms with Crippen molar-refractivity contribution in [3.05, 3.63) is 65.2 Å². The Kier molecular flexibility index (Phi) is 6.29. The lowest BCUT2D eigenvalue weighted by molar-refractivity contribution is 0.176. The molecule has 3 rings (SSSR count). The van der Waals surface area contributed by atoms with E-state index in [0.717, 1.165) is 18.2 Å². The monoisotopic (exact) mass is 350 g/mol. The number of benzene rings is 2. The first-order valence-corrected chi connectivity index (χ1v) is 9.53. The molecule has 1 saturated heterocycles. The lowest BCUT2D eigenvalue weighted by atomic mass is 9.99. The summed E-state index contributed by atoms with van der Waals surface area (Å²) >= 11 is 0. The van der Waals surface area contributed by atoms with Gasteiger partial charge in [0, 0.05) is 18.8 Å². The van der Waals surface area contributed by atoms with Gasteiger partial charge in [0.25, 0.3) is 0 Å². The fourth-order valence-electron chi connectivity index (χ4n) is 3.53. The van der Waals surface area contributed by atoms with E-state index in [1.54, 1.807) is 0 Å². The van der Waals surface area contributed by atoms with Crippen LogP contribution in [0.1, 0.15) is 36.5 Å². The number of nitrogens with zero attached hydrogens (tertiary/aromatic N) is 2. The van der Waals surface area contributed by atoms with E-state index < -0.39 is 0 Å². The molecule has 0 spiro atoms. The predicted molar refractivity (Wildman–Crippen MR) is 110 cm³/mol. The fourth-order valence-corrected chi connectivity index (χ4v) is 3.53.